The first-order valence-corrected chi connectivity index (χ1v) is 13.0. The Hall–Kier alpha value is -1.54. The maximum Gasteiger partial charge on any atom is 0.115 e. The minimum Gasteiger partial charge on any atom is -0.508 e. The van der Waals surface area contributed by atoms with Crippen LogP contribution in [0.1, 0.15) is 85.1 Å². The summed E-state index contributed by atoms with van der Waals surface area (Å²) in [7, 11) is 0. The van der Waals surface area contributed by atoms with Gasteiger partial charge in [0.05, 0.1) is 6.10 Å². The van der Waals surface area contributed by atoms with Crippen molar-refractivity contribution in [1.82, 2.24) is 0 Å². The Balaban J connectivity index is 1.43. The Morgan fingerprint density at radius 1 is 1.03 bits per heavy atom. The van der Waals surface area contributed by atoms with Gasteiger partial charge in [0.25, 0.3) is 0 Å². The molecule has 0 spiro atoms. The Kier molecular flexibility index (Phi) is 5.21. The summed E-state index contributed by atoms with van der Waals surface area (Å²) in [6.07, 6.45) is 11.7. The minimum atomic E-state index is -0.162. The SMILES string of the molecule is C[C@H](Cc1cccc(O)c1)[C@H]1CC=C2C3=C(CC[C@@]21C)[C@@]1(C)CC[C@H](O)C(C)(C)C1CC3. The lowest BCUT2D eigenvalue weighted by molar-refractivity contribution is -0.0905. The molecule has 0 heterocycles. The van der Waals surface area contributed by atoms with Crippen LogP contribution in [0.25, 0.3) is 0 Å². The van der Waals surface area contributed by atoms with Gasteiger partial charge in [0.2, 0.25) is 0 Å². The molecule has 1 aromatic carbocycles. The van der Waals surface area contributed by atoms with Crippen molar-refractivity contribution in [3.05, 3.63) is 52.6 Å². The zero-order valence-electron chi connectivity index (χ0n) is 20.7. The first kappa shape index (κ1) is 22.3. The first-order valence-electron chi connectivity index (χ1n) is 13.0. The third-order valence-corrected chi connectivity index (χ3v) is 10.6. The number of phenols is 1. The Bertz CT molecular complexity index is 969. The maximum atomic E-state index is 10.8. The molecule has 2 heteroatoms. The molecule has 174 valence electrons. The van der Waals surface area contributed by atoms with Crippen LogP contribution in [0.2, 0.25) is 0 Å². The molecule has 1 fully saturated rings. The summed E-state index contributed by atoms with van der Waals surface area (Å²) in [4.78, 5) is 0. The number of rotatable bonds is 3. The molecule has 1 saturated carbocycles. The van der Waals surface area contributed by atoms with Gasteiger partial charge in [0.1, 0.15) is 5.75 Å². The summed E-state index contributed by atoms with van der Waals surface area (Å²) in [5, 5.41) is 20.7. The molecule has 2 nitrogen and oxygen atoms in total. The van der Waals surface area contributed by atoms with Gasteiger partial charge in [-0.3, -0.25) is 0 Å². The third-order valence-electron chi connectivity index (χ3n) is 10.6. The number of aliphatic hydroxyl groups is 1. The highest BCUT2D eigenvalue weighted by atomic mass is 16.3. The lowest BCUT2D eigenvalue weighted by atomic mass is 9.46. The number of fused-ring (bicyclic) bond motifs is 4. The lowest BCUT2D eigenvalue weighted by Gasteiger charge is -2.59. The van der Waals surface area contributed by atoms with E-state index in [1.807, 2.05) is 12.1 Å². The smallest absolute Gasteiger partial charge is 0.115 e. The monoisotopic (exact) mass is 434 g/mol. The van der Waals surface area contributed by atoms with Crippen LogP contribution < -0.4 is 0 Å². The standard InChI is InChI=1S/C30H42O2/c1-19(17-20-7-6-8-21(31)18-20)23-10-11-24-22-9-12-26-28(2,3)27(32)14-16-30(26,5)25(22)13-15-29(23,24)4/h6-8,11,18-19,23,26-27,31-32H,9-10,12-17H2,1-5H3/t19-,23-,26?,27+,29-,30-/m1/s1. The topological polar surface area (TPSA) is 40.5 Å². The van der Waals surface area contributed by atoms with Crippen molar-refractivity contribution in [2.45, 2.75) is 92.1 Å². The van der Waals surface area contributed by atoms with E-state index in [1.54, 1.807) is 22.8 Å². The van der Waals surface area contributed by atoms with Crippen LogP contribution in [0, 0.1) is 34.0 Å². The molecule has 0 radical (unpaired) electrons. The van der Waals surface area contributed by atoms with Gasteiger partial charge >= 0.3 is 0 Å². The zero-order chi connectivity index (χ0) is 22.9. The van der Waals surface area contributed by atoms with E-state index < -0.39 is 0 Å². The molecular weight excluding hydrogens is 392 g/mol. The molecule has 0 saturated heterocycles. The van der Waals surface area contributed by atoms with Gasteiger partial charge in [0, 0.05) is 0 Å². The zero-order valence-corrected chi connectivity index (χ0v) is 20.7. The molecule has 1 aromatic rings. The second kappa shape index (κ2) is 7.49. The quantitative estimate of drug-likeness (QED) is 0.527. The third kappa shape index (κ3) is 3.16. The number of benzene rings is 1. The number of allylic oxidation sites excluding steroid dienone is 4. The number of hydrogen-bond acceptors (Lipinski definition) is 2. The fourth-order valence-electron chi connectivity index (χ4n) is 8.77. The van der Waals surface area contributed by atoms with Crippen LogP contribution in [-0.4, -0.2) is 16.3 Å². The van der Waals surface area contributed by atoms with Crippen molar-refractivity contribution in [2.75, 3.05) is 0 Å². The number of aliphatic hydroxyl groups excluding tert-OH is 1. The predicted octanol–water partition coefficient (Wildman–Crippen LogP) is 7.21. The number of hydrogen-bond donors (Lipinski definition) is 2. The number of aromatic hydroxyl groups is 1. The van der Waals surface area contributed by atoms with Crippen molar-refractivity contribution < 1.29 is 10.2 Å². The molecule has 4 aliphatic carbocycles. The van der Waals surface area contributed by atoms with Crippen LogP contribution in [0.3, 0.4) is 0 Å². The van der Waals surface area contributed by atoms with Gasteiger partial charge < -0.3 is 10.2 Å². The Morgan fingerprint density at radius 2 is 1.81 bits per heavy atom. The summed E-state index contributed by atoms with van der Waals surface area (Å²) in [6, 6.07) is 7.83. The van der Waals surface area contributed by atoms with Gasteiger partial charge in [-0.1, -0.05) is 58.4 Å². The van der Waals surface area contributed by atoms with E-state index in [4.69, 9.17) is 0 Å². The maximum absolute atomic E-state index is 10.8. The normalized spacial score (nSPS) is 39.1. The molecule has 5 rings (SSSR count). The average molecular weight is 435 g/mol. The van der Waals surface area contributed by atoms with Crippen LogP contribution in [0.15, 0.2) is 47.1 Å². The molecule has 0 aromatic heterocycles. The second-order valence-corrected chi connectivity index (χ2v) is 12.6. The van der Waals surface area contributed by atoms with E-state index >= 15 is 0 Å². The van der Waals surface area contributed by atoms with Crippen LogP contribution in [0.4, 0.5) is 0 Å². The van der Waals surface area contributed by atoms with Gasteiger partial charge in [0.15, 0.2) is 0 Å². The molecule has 1 unspecified atom stereocenters. The highest BCUT2D eigenvalue weighted by Gasteiger charge is 2.57. The van der Waals surface area contributed by atoms with Gasteiger partial charge in [-0.15, -0.1) is 0 Å². The number of phenolic OH excluding ortho intramolecular Hbond substituents is 1. The van der Waals surface area contributed by atoms with Crippen molar-refractivity contribution in [3.63, 3.8) is 0 Å². The minimum absolute atomic E-state index is 0.00856. The summed E-state index contributed by atoms with van der Waals surface area (Å²) in [5.74, 6) is 2.23. The van der Waals surface area contributed by atoms with Gasteiger partial charge in [-0.2, -0.15) is 0 Å². The first-order chi connectivity index (χ1) is 15.1. The molecule has 4 aliphatic rings. The Morgan fingerprint density at radius 3 is 2.56 bits per heavy atom. The molecule has 2 N–H and O–H groups in total. The average Bonchev–Trinajstić information content (AvgIpc) is 3.08. The van der Waals surface area contributed by atoms with Crippen molar-refractivity contribution >= 4 is 0 Å². The highest BCUT2D eigenvalue weighted by Crippen LogP contribution is 2.66. The summed E-state index contributed by atoms with van der Waals surface area (Å²) >= 11 is 0. The van der Waals surface area contributed by atoms with E-state index in [9.17, 15) is 10.2 Å². The van der Waals surface area contributed by atoms with Crippen LogP contribution >= 0.6 is 0 Å². The van der Waals surface area contributed by atoms with E-state index in [0.717, 1.165) is 19.3 Å². The summed E-state index contributed by atoms with van der Waals surface area (Å²) < 4.78 is 0. The van der Waals surface area contributed by atoms with Gasteiger partial charge in [-0.25, -0.2) is 0 Å². The molecule has 0 bridgehead atoms. The molecule has 6 atom stereocenters. The summed E-state index contributed by atoms with van der Waals surface area (Å²) in [5.41, 5.74) is 6.92. The van der Waals surface area contributed by atoms with Crippen LogP contribution in [-0.2, 0) is 6.42 Å². The molecule has 0 aliphatic heterocycles. The second-order valence-electron chi connectivity index (χ2n) is 12.6. The van der Waals surface area contributed by atoms with E-state index in [-0.39, 0.29) is 22.3 Å². The lowest BCUT2D eigenvalue weighted by Crippen LogP contribution is -2.53. The van der Waals surface area contributed by atoms with Crippen molar-refractivity contribution in [2.24, 2.45) is 34.0 Å². The largest absolute Gasteiger partial charge is 0.508 e. The van der Waals surface area contributed by atoms with Crippen LogP contribution in [0.5, 0.6) is 5.75 Å². The molecule has 32 heavy (non-hydrogen) atoms. The predicted molar refractivity (Wildman–Crippen MR) is 131 cm³/mol. The Labute approximate surface area is 194 Å². The summed E-state index contributed by atoms with van der Waals surface area (Å²) in [6.45, 7) is 12.1. The molecule has 0 amide bonds. The fourth-order valence-corrected chi connectivity index (χ4v) is 8.77. The van der Waals surface area contributed by atoms with Gasteiger partial charge in [-0.05, 0) is 114 Å². The van der Waals surface area contributed by atoms with Crippen molar-refractivity contribution in [3.8, 4) is 5.75 Å². The van der Waals surface area contributed by atoms with E-state index in [0.29, 0.717) is 23.5 Å². The van der Waals surface area contributed by atoms with E-state index in [2.05, 4.69) is 46.8 Å². The van der Waals surface area contributed by atoms with E-state index in [1.165, 1.54) is 37.7 Å². The van der Waals surface area contributed by atoms with Crippen molar-refractivity contribution in [1.29, 1.82) is 0 Å². The highest BCUT2D eigenvalue weighted by molar-refractivity contribution is 5.50. The fraction of sp³-hybridized carbons (Fsp3) is 0.667. The molecular formula is C30H42O2.